The second kappa shape index (κ2) is 7.32. The molecule has 80 valence electrons. The van der Waals surface area contributed by atoms with Crippen LogP contribution < -0.4 is 5.32 Å². The van der Waals surface area contributed by atoms with Gasteiger partial charge in [0.2, 0.25) is 0 Å². The Bertz CT molecular complexity index is 221. The second-order valence-corrected chi connectivity index (χ2v) is 5.34. The number of hydrogen-bond donors (Lipinski definition) is 1. The maximum absolute atomic E-state index is 3.50. The highest BCUT2D eigenvalue weighted by molar-refractivity contribution is 7.98. The van der Waals surface area contributed by atoms with Crippen molar-refractivity contribution in [3.63, 3.8) is 0 Å². The summed E-state index contributed by atoms with van der Waals surface area (Å²) in [5.41, 5.74) is 1.46. The molecule has 0 amide bonds. The van der Waals surface area contributed by atoms with Crippen LogP contribution in [0.25, 0.3) is 0 Å². The Morgan fingerprint density at radius 2 is 2.43 bits per heavy atom. The SMILES string of the molecule is CSCC(C)CNCCc1ccsc1. The normalized spacial score (nSPS) is 13.0. The molecule has 0 saturated carbocycles. The van der Waals surface area contributed by atoms with Crippen LogP contribution in [0.4, 0.5) is 0 Å². The summed E-state index contributed by atoms with van der Waals surface area (Å²) in [6.45, 7) is 4.55. The van der Waals surface area contributed by atoms with E-state index in [9.17, 15) is 0 Å². The standard InChI is InChI=1S/C11H19NS2/c1-10(8-13-2)7-12-5-3-11-4-6-14-9-11/h4,6,9-10,12H,3,5,7-8H2,1-2H3. The van der Waals surface area contributed by atoms with Crippen LogP contribution in [0.5, 0.6) is 0 Å². The molecule has 14 heavy (non-hydrogen) atoms. The Kier molecular flexibility index (Phi) is 6.32. The van der Waals surface area contributed by atoms with E-state index in [1.165, 1.54) is 11.3 Å². The molecule has 0 fully saturated rings. The summed E-state index contributed by atoms with van der Waals surface area (Å²) in [5.74, 6) is 2.04. The fourth-order valence-corrected chi connectivity index (χ4v) is 2.75. The summed E-state index contributed by atoms with van der Waals surface area (Å²) in [7, 11) is 0. The molecule has 0 aliphatic rings. The highest BCUT2D eigenvalue weighted by Crippen LogP contribution is 2.06. The Morgan fingerprint density at radius 3 is 3.07 bits per heavy atom. The smallest absolute Gasteiger partial charge is 0.000794 e. The number of hydrogen-bond acceptors (Lipinski definition) is 3. The third-order valence-electron chi connectivity index (χ3n) is 2.11. The van der Waals surface area contributed by atoms with Gasteiger partial charge >= 0.3 is 0 Å². The average Bonchev–Trinajstić information content (AvgIpc) is 2.65. The fourth-order valence-electron chi connectivity index (χ4n) is 1.36. The lowest BCUT2D eigenvalue weighted by atomic mass is 10.2. The first-order chi connectivity index (χ1) is 6.83. The first-order valence-corrected chi connectivity index (χ1v) is 7.37. The lowest BCUT2D eigenvalue weighted by Gasteiger charge is -2.10. The first-order valence-electron chi connectivity index (χ1n) is 5.03. The van der Waals surface area contributed by atoms with Gasteiger partial charge in [0, 0.05) is 0 Å². The Hall–Kier alpha value is 0.01000. The van der Waals surface area contributed by atoms with E-state index in [1.807, 2.05) is 11.8 Å². The van der Waals surface area contributed by atoms with Crippen LogP contribution >= 0.6 is 23.1 Å². The van der Waals surface area contributed by atoms with Crippen molar-refractivity contribution in [2.45, 2.75) is 13.3 Å². The quantitative estimate of drug-likeness (QED) is 0.722. The molecule has 1 heterocycles. The van der Waals surface area contributed by atoms with E-state index in [2.05, 4.69) is 35.3 Å². The van der Waals surface area contributed by atoms with Crippen molar-refractivity contribution in [2.24, 2.45) is 5.92 Å². The molecule has 0 aliphatic heterocycles. The van der Waals surface area contributed by atoms with Crippen molar-refractivity contribution >= 4 is 23.1 Å². The molecular weight excluding hydrogens is 210 g/mol. The minimum atomic E-state index is 0.785. The Balaban J connectivity index is 1.99. The summed E-state index contributed by atoms with van der Waals surface area (Å²) >= 11 is 3.71. The summed E-state index contributed by atoms with van der Waals surface area (Å²) < 4.78 is 0. The molecule has 0 spiro atoms. The molecule has 0 saturated heterocycles. The molecule has 1 aromatic rings. The van der Waals surface area contributed by atoms with Gasteiger partial charge in [-0.2, -0.15) is 23.1 Å². The third-order valence-corrected chi connectivity index (χ3v) is 3.75. The Labute approximate surface area is 95.3 Å². The predicted molar refractivity (Wildman–Crippen MR) is 68.4 cm³/mol. The molecule has 0 aliphatic carbocycles. The maximum atomic E-state index is 3.50. The zero-order valence-corrected chi connectivity index (χ0v) is 10.6. The van der Waals surface area contributed by atoms with Crippen LogP contribution in [0.3, 0.4) is 0 Å². The third kappa shape index (κ3) is 5.03. The highest BCUT2D eigenvalue weighted by Gasteiger charge is 1.99. The number of nitrogens with one attached hydrogen (secondary N) is 1. The van der Waals surface area contributed by atoms with Crippen LogP contribution in [0.15, 0.2) is 16.8 Å². The van der Waals surface area contributed by atoms with Gasteiger partial charge in [0.1, 0.15) is 0 Å². The van der Waals surface area contributed by atoms with Crippen molar-refractivity contribution in [2.75, 3.05) is 25.1 Å². The summed E-state index contributed by atoms with van der Waals surface area (Å²) in [4.78, 5) is 0. The van der Waals surface area contributed by atoms with Crippen molar-refractivity contribution in [3.05, 3.63) is 22.4 Å². The zero-order valence-electron chi connectivity index (χ0n) is 8.95. The molecular formula is C11H19NS2. The van der Waals surface area contributed by atoms with Gasteiger partial charge in [-0.05, 0) is 59.8 Å². The van der Waals surface area contributed by atoms with Gasteiger partial charge in [-0.15, -0.1) is 0 Å². The molecule has 1 unspecified atom stereocenters. The molecule has 3 heteroatoms. The van der Waals surface area contributed by atoms with Crippen LogP contribution in [0.2, 0.25) is 0 Å². The topological polar surface area (TPSA) is 12.0 Å². The maximum Gasteiger partial charge on any atom is -0.000794 e. The fraction of sp³-hybridized carbons (Fsp3) is 0.636. The van der Waals surface area contributed by atoms with Gasteiger partial charge in [0.15, 0.2) is 0 Å². The van der Waals surface area contributed by atoms with Crippen molar-refractivity contribution in [1.82, 2.24) is 5.32 Å². The molecule has 0 aromatic carbocycles. The second-order valence-electron chi connectivity index (χ2n) is 3.65. The molecule has 0 radical (unpaired) electrons. The highest BCUT2D eigenvalue weighted by atomic mass is 32.2. The van der Waals surface area contributed by atoms with E-state index >= 15 is 0 Å². The number of thioether (sulfide) groups is 1. The minimum absolute atomic E-state index is 0.785. The molecule has 1 nitrogen and oxygen atoms in total. The van der Waals surface area contributed by atoms with E-state index in [-0.39, 0.29) is 0 Å². The predicted octanol–water partition coefficient (Wildman–Crippen LogP) is 2.88. The van der Waals surface area contributed by atoms with Gasteiger partial charge in [-0.1, -0.05) is 6.92 Å². The van der Waals surface area contributed by atoms with E-state index < -0.39 is 0 Å². The largest absolute Gasteiger partial charge is 0.316 e. The van der Waals surface area contributed by atoms with Crippen LogP contribution in [0.1, 0.15) is 12.5 Å². The minimum Gasteiger partial charge on any atom is -0.316 e. The molecule has 1 rings (SSSR count). The van der Waals surface area contributed by atoms with Gasteiger partial charge in [-0.3, -0.25) is 0 Å². The van der Waals surface area contributed by atoms with Crippen LogP contribution in [-0.2, 0) is 6.42 Å². The van der Waals surface area contributed by atoms with Gasteiger partial charge in [-0.25, -0.2) is 0 Å². The van der Waals surface area contributed by atoms with Gasteiger partial charge in [0.25, 0.3) is 0 Å². The van der Waals surface area contributed by atoms with Gasteiger partial charge < -0.3 is 5.32 Å². The number of thiophene rings is 1. The summed E-state index contributed by atoms with van der Waals surface area (Å²) in [6.07, 6.45) is 3.33. The van der Waals surface area contributed by atoms with E-state index in [0.717, 1.165) is 25.4 Å². The average molecular weight is 229 g/mol. The van der Waals surface area contributed by atoms with E-state index in [1.54, 1.807) is 11.3 Å². The molecule has 1 N–H and O–H groups in total. The van der Waals surface area contributed by atoms with E-state index in [0.29, 0.717) is 0 Å². The van der Waals surface area contributed by atoms with E-state index in [4.69, 9.17) is 0 Å². The van der Waals surface area contributed by atoms with Crippen molar-refractivity contribution in [3.8, 4) is 0 Å². The van der Waals surface area contributed by atoms with Crippen LogP contribution in [-0.4, -0.2) is 25.1 Å². The molecule has 1 atom stereocenters. The van der Waals surface area contributed by atoms with Crippen LogP contribution in [0, 0.1) is 5.92 Å². The van der Waals surface area contributed by atoms with Crippen molar-refractivity contribution in [1.29, 1.82) is 0 Å². The first kappa shape index (κ1) is 12.1. The monoisotopic (exact) mass is 229 g/mol. The lowest BCUT2D eigenvalue weighted by Crippen LogP contribution is -2.24. The lowest BCUT2D eigenvalue weighted by molar-refractivity contribution is 0.561. The van der Waals surface area contributed by atoms with Gasteiger partial charge in [0.05, 0.1) is 0 Å². The molecule has 0 bridgehead atoms. The summed E-state index contributed by atoms with van der Waals surface area (Å²) in [5, 5.41) is 7.87. The zero-order chi connectivity index (χ0) is 10.2. The Morgan fingerprint density at radius 1 is 1.57 bits per heavy atom. The molecule has 1 aromatic heterocycles. The van der Waals surface area contributed by atoms with Crippen molar-refractivity contribution < 1.29 is 0 Å². The summed E-state index contributed by atoms with van der Waals surface area (Å²) in [6, 6.07) is 2.21. The number of rotatable bonds is 7.